The van der Waals surface area contributed by atoms with Crippen LogP contribution in [0.5, 0.6) is 11.5 Å². The van der Waals surface area contributed by atoms with Gasteiger partial charge in [-0.3, -0.25) is 0 Å². The van der Waals surface area contributed by atoms with Crippen LogP contribution >= 0.6 is 11.8 Å². The van der Waals surface area contributed by atoms with Crippen LogP contribution in [0.25, 0.3) is 11.4 Å². The number of aromatic amines is 1. The Bertz CT molecular complexity index is 1480. The molecule has 3 heterocycles. The van der Waals surface area contributed by atoms with Gasteiger partial charge in [0.2, 0.25) is 11.6 Å². The van der Waals surface area contributed by atoms with Crippen molar-refractivity contribution in [2.75, 3.05) is 18.8 Å². The molecule has 0 fully saturated rings. The lowest BCUT2D eigenvalue weighted by molar-refractivity contribution is -0.200. The zero-order valence-corrected chi connectivity index (χ0v) is 22.0. The second kappa shape index (κ2) is 12.9. The van der Waals surface area contributed by atoms with Gasteiger partial charge in [0.1, 0.15) is 5.82 Å². The summed E-state index contributed by atoms with van der Waals surface area (Å²) in [4.78, 5) is 25.3. The highest BCUT2D eigenvalue weighted by atomic mass is 32.2. The molecule has 0 aliphatic carbocycles. The van der Waals surface area contributed by atoms with Gasteiger partial charge >= 0.3 is 12.1 Å². The smallest absolute Gasteiger partial charge is 0.450 e. The monoisotopic (exact) mass is 597 g/mol. The molecule has 1 N–H and O–H groups in total. The molecule has 0 saturated carbocycles. The Morgan fingerprint density at radius 1 is 1.10 bits per heavy atom. The van der Waals surface area contributed by atoms with Gasteiger partial charge in [0, 0.05) is 47.9 Å². The fourth-order valence-corrected chi connectivity index (χ4v) is 4.19. The maximum atomic E-state index is 14.5. The van der Waals surface area contributed by atoms with Crippen molar-refractivity contribution < 1.29 is 41.1 Å². The molecular formula is C24H20F5N7O4S. The maximum Gasteiger partial charge on any atom is 0.493 e. The second-order valence-corrected chi connectivity index (χ2v) is 9.70. The first kappa shape index (κ1) is 29.6. The molecule has 41 heavy (non-hydrogen) atoms. The van der Waals surface area contributed by atoms with E-state index in [2.05, 4.69) is 35.4 Å². The van der Waals surface area contributed by atoms with E-state index in [1.807, 2.05) is 6.92 Å². The van der Waals surface area contributed by atoms with Crippen molar-refractivity contribution >= 4 is 29.4 Å². The molecule has 1 aromatic carbocycles. The maximum absolute atomic E-state index is 14.5. The summed E-state index contributed by atoms with van der Waals surface area (Å²) in [5.41, 5.74) is 0.333. The van der Waals surface area contributed by atoms with Crippen LogP contribution in [0.15, 0.2) is 53.7 Å². The lowest BCUT2D eigenvalue weighted by atomic mass is 10.2. The number of anilines is 2. The summed E-state index contributed by atoms with van der Waals surface area (Å²) in [6.07, 6.45) is -2.24. The van der Waals surface area contributed by atoms with Crippen LogP contribution in [0, 0.1) is 11.6 Å². The fraction of sp³-hybridized carbons (Fsp3) is 0.250. The number of benzene rings is 1. The van der Waals surface area contributed by atoms with Crippen molar-refractivity contribution in [3.63, 3.8) is 0 Å². The zero-order valence-electron chi connectivity index (χ0n) is 21.2. The highest BCUT2D eigenvalue weighted by Crippen LogP contribution is 2.39. The second-order valence-electron chi connectivity index (χ2n) is 8.19. The number of halogens is 5. The Morgan fingerprint density at radius 2 is 1.90 bits per heavy atom. The van der Waals surface area contributed by atoms with E-state index in [4.69, 9.17) is 9.47 Å². The number of aromatic nitrogens is 6. The molecule has 0 spiro atoms. The molecule has 0 bridgehead atoms. The van der Waals surface area contributed by atoms with Crippen LogP contribution in [0.1, 0.15) is 13.3 Å². The zero-order chi connectivity index (χ0) is 29.6. The van der Waals surface area contributed by atoms with E-state index >= 15 is 0 Å². The number of nitrogens with one attached hydrogen (secondary N) is 1. The lowest BCUT2D eigenvalue weighted by Crippen LogP contribution is -2.33. The molecule has 11 nitrogen and oxygen atoms in total. The van der Waals surface area contributed by atoms with E-state index < -0.39 is 35.3 Å². The van der Waals surface area contributed by atoms with Gasteiger partial charge < -0.3 is 14.3 Å². The van der Waals surface area contributed by atoms with Gasteiger partial charge in [0.05, 0.1) is 0 Å². The largest absolute Gasteiger partial charge is 0.493 e. The standard InChI is InChI=1S/C24H20F5N7O4S/c1-13(7-8-38-2)41-16-10-19(39-18-5-4-15(25)9-17(18)26)22(31-12-16)36(40-23(37)24(27,28)29)20-6-3-14(11-30-20)21-32-34-35-33-21/h3-6,9-13H,7-8H2,1-2H3,(H,32,33,34,35). The molecule has 1 unspecified atom stereocenters. The molecule has 4 aromatic rings. The Morgan fingerprint density at radius 3 is 2.54 bits per heavy atom. The number of methoxy groups -OCH3 is 1. The van der Waals surface area contributed by atoms with Crippen molar-refractivity contribution in [2.24, 2.45) is 0 Å². The number of ether oxygens (including phenoxy) is 2. The summed E-state index contributed by atoms with van der Waals surface area (Å²) in [6.45, 7) is 2.38. The molecule has 17 heteroatoms. The number of rotatable bonds is 11. The summed E-state index contributed by atoms with van der Waals surface area (Å²) in [5.74, 6) is -6.03. The van der Waals surface area contributed by atoms with E-state index in [1.165, 1.54) is 42.4 Å². The summed E-state index contributed by atoms with van der Waals surface area (Å²) in [7, 11) is 1.55. The Labute approximate surface area is 233 Å². The third kappa shape index (κ3) is 7.63. The number of hydrogen-bond acceptors (Lipinski definition) is 11. The Hall–Kier alpha value is -4.38. The number of tetrazole rings is 1. The van der Waals surface area contributed by atoms with Crippen molar-refractivity contribution in [3.05, 3.63) is 60.4 Å². The minimum absolute atomic E-state index is 0.0107. The molecule has 0 saturated heterocycles. The van der Waals surface area contributed by atoms with Crippen molar-refractivity contribution in [2.45, 2.75) is 29.7 Å². The number of pyridine rings is 2. The lowest BCUT2D eigenvalue weighted by Gasteiger charge is -2.24. The predicted octanol–water partition coefficient (Wildman–Crippen LogP) is 5.40. The van der Waals surface area contributed by atoms with E-state index in [0.717, 1.165) is 12.1 Å². The van der Waals surface area contributed by atoms with Gasteiger partial charge in [-0.25, -0.2) is 23.5 Å². The molecule has 0 aliphatic heterocycles. The summed E-state index contributed by atoms with van der Waals surface area (Å²) in [6, 6.07) is 6.42. The number of alkyl halides is 3. The van der Waals surface area contributed by atoms with Crippen LogP contribution in [-0.2, 0) is 14.4 Å². The molecular weight excluding hydrogens is 577 g/mol. The average molecular weight is 598 g/mol. The first-order valence-electron chi connectivity index (χ1n) is 11.6. The third-order valence-electron chi connectivity index (χ3n) is 5.14. The Kier molecular flexibility index (Phi) is 9.28. The number of thioether (sulfide) groups is 1. The molecule has 216 valence electrons. The molecule has 4 rings (SSSR count). The quantitative estimate of drug-likeness (QED) is 0.136. The van der Waals surface area contributed by atoms with Crippen LogP contribution in [0.3, 0.4) is 0 Å². The number of carbonyl (C=O) groups excluding carboxylic acids is 1. The van der Waals surface area contributed by atoms with E-state index in [9.17, 15) is 26.7 Å². The summed E-state index contributed by atoms with van der Waals surface area (Å²) in [5, 5.41) is 13.6. The first-order valence-corrected chi connectivity index (χ1v) is 12.5. The number of nitrogens with zero attached hydrogens (tertiary/aromatic N) is 6. The average Bonchev–Trinajstić information content (AvgIpc) is 3.47. The van der Waals surface area contributed by atoms with Gasteiger partial charge in [-0.05, 0) is 42.0 Å². The normalized spacial score (nSPS) is 12.2. The molecule has 0 aliphatic rings. The van der Waals surface area contributed by atoms with Crippen molar-refractivity contribution in [1.82, 2.24) is 30.6 Å². The topological polar surface area (TPSA) is 128 Å². The van der Waals surface area contributed by atoms with Crippen molar-refractivity contribution in [1.29, 1.82) is 0 Å². The number of hydrogen-bond donors (Lipinski definition) is 1. The molecule has 0 radical (unpaired) electrons. The highest BCUT2D eigenvalue weighted by molar-refractivity contribution is 7.99. The van der Waals surface area contributed by atoms with Crippen LogP contribution in [0.2, 0.25) is 0 Å². The van der Waals surface area contributed by atoms with E-state index in [1.54, 1.807) is 7.11 Å². The van der Waals surface area contributed by atoms with Crippen LogP contribution in [0.4, 0.5) is 33.6 Å². The number of carbonyl (C=O) groups is 1. The molecule has 0 amide bonds. The molecule has 1 atom stereocenters. The summed E-state index contributed by atoms with van der Waals surface area (Å²) < 4.78 is 78.4. The third-order valence-corrected chi connectivity index (χ3v) is 6.28. The van der Waals surface area contributed by atoms with Gasteiger partial charge in [-0.1, -0.05) is 6.92 Å². The van der Waals surface area contributed by atoms with E-state index in [-0.39, 0.29) is 22.6 Å². The molecule has 3 aromatic heterocycles. The highest BCUT2D eigenvalue weighted by Gasteiger charge is 2.44. The van der Waals surface area contributed by atoms with Gasteiger partial charge in [-0.15, -0.1) is 27.0 Å². The van der Waals surface area contributed by atoms with Gasteiger partial charge in [0.15, 0.2) is 23.1 Å². The van der Waals surface area contributed by atoms with Crippen LogP contribution < -0.4 is 9.80 Å². The van der Waals surface area contributed by atoms with E-state index in [0.29, 0.717) is 34.6 Å². The van der Waals surface area contributed by atoms with Gasteiger partial charge in [-0.2, -0.15) is 18.4 Å². The Balaban J connectivity index is 1.78. The van der Waals surface area contributed by atoms with Gasteiger partial charge in [0.25, 0.3) is 0 Å². The number of H-pyrrole nitrogens is 1. The van der Waals surface area contributed by atoms with Crippen molar-refractivity contribution in [3.8, 4) is 22.9 Å². The van der Waals surface area contributed by atoms with Crippen LogP contribution in [-0.4, -0.2) is 61.7 Å². The minimum Gasteiger partial charge on any atom is -0.450 e. The predicted molar refractivity (Wildman–Crippen MR) is 134 cm³/mol. The fourth-order valence-electron chi connectivity index (χ4n) is 3.22. The minimum atomic E-state index is -5.39. The SMILES string of the molecule is COCCC(C)Sc1cnc(N(OC(=O)C(F)(F)F)c2ccc(-c3nn[nH]n3)cn2)c(Oc2ccc(F)cc2F)c1. The first-order chi connectivity index (χ1) is 19.5. The summed E-state index contributed by atoms with van der Waals surface area (Å²) >= 11 is 1.33.